The molecule has 0 heterocycles. The van der Waals surface area contributed by atoms with Crippen LogP contribution in [0, 0.1) is 5.41 Å². The van der Waals surface area contributed by atoms with E-state index in [1.807, 2.05) is 6.08 Å². The second kappa shape index (κ2) is 6.94. The van der Waals surface area contributed by atoms with Crippen molar-refractivity contribution in [3.8, 4) is 0 Å². The van der Waals surface area contributed by atoms with Crippen LogP contribution in [0.2, 0.25) is 0 Å². The molecule has 0 aromatic rings. The Morgan fingerprint density at radius 3 is 2.38 bits per heavy atom. The second-order valence-corrected chi connectivity index (χ2v) is 4.47. The number of allylic oxidation sites excluding steroid dienone is 3. The lowest BCUT2D eigenvalue weighted by molar-refractivity contribution is 0.377. The molecular weight excluding hydrogens is 156 g/mol. The molecule has 0 heteroatoms. The molecule has 0 saturated carbocycles. The summed E-state index contributed by atoms with van der Waals surface area (Å²) < 4.78 is 0. The van der Waals surface area contributed by atoms with Crippen LogP contribution in [0.5, 0.6) is 0 Å². The van der Waals surface area contributed by atoms with Crippen molar-refractivity contribution in [2.75, 3.05) is 0 Å². The normalized spacial score (nSPS) is 12.2. The van der Waals surface area contributed by atoms with Gasteiger partial charge in [0.15, 0.2) is 0 Å². The van der Waals surface area contributed by atoms with E-state index in [-0.39, 0.29) is 0 Å². The van der Waals surface area contributed by atoms with Crippen LogP contribution >= 0.6 is 0 Å². The third-order valence-corrected chi connectivity index (χ3v) is 2.26. The zero-order valence-corrected chi connectivity index (χ0v) is 9.47. The van der Waals surface area contributed by atoms with Crippen LogP contribution in [0.4, 0.5) is 0 Å². The number of unbranched alkanes of at least 4 members (excludes halogenated alkanes) is 2. The van der Waals surface area contributed by atoms with Crippen molar-refractivity contribution in [2.24, 2.45) is 5.41 Å². The van der Waals surface area contributed by atoms with Crippen LogP contribution in [0.3, 0.4) is 0 Å². The van der Waals surface area contributed by atoms with Crippen LogP contribution in [-0.4, -0.2) is 0 Å². The van der Waals surface area contributed by atoms with Crippen LogP contribution in [-0.2, 0) is 0 Å². The first-order chi connectivity index (χ1) is 6.12. The molecule has 0 N–H and O–H groups in total. The van der Waals surface area contributed by atoms with Gasteiger partial charge in [-0.15, -0.1) is 6.58 Å². The Balaban J connectivity index is 3.60. The maximum Gasteiger partial charge on any atom is -0.0285 e. The van der Waals surface area contributed by atoms with E-state index in [0.717, 1.165) is 6.42 Å². The van der Waals surface area contributed by atoms with Crippen LogP contribution in [0.15, 0.2) is 24.8 Å². The Kier molecular flexibility index (Phi) is 6.66. The Labute approximate surface area is 83.7 Å². The standard InChI is InChI=1S/C13H24/c1-5-7-8-9-10-12-13(3,4)11-6-2/h6,9-10H,2,5,7-8,11-12H2,1,3-4H3. The number of hydrogen-bond acceptors (Lipinski definition) is 0. The predicted octanol–water partition coefficient (Wildman–Crippen LogP) is 4.73. The molecule has 0 rings (SSSR count). The highest BCUT2D eigenvalue weighted by Crippen LogP contribution is 2.25. The fourth-order valence-corrected chi connectivity index (χ4v) is 1.32. The smallest absolute Gasteiger partial charge is 0.0285 e. The first-order valence-corrected chi connectivity index (χ1v) is 5.38. The first kappa shape index (κ1) is 12.5. The van der Waals surface area contributed by atoms with Gasteiger partial charge in [-0.2, -0.15) is 0 Å². The summed E-state index contributed by atoms with van der Waals surface area (Å²) in [5, 5.41) is 0. The SMILES string of the molecule is C=CCC(C)(C)CC=CCCCC. The van der Waals surface area contributed by atoms with Gasteiger partial charge in [0.1, 0.15) is 0 Å². The summed E-state index contributed by atoms with van der Waals surface area (Å²) >= 11 is 0. The van der Waals surface area contributed by atoms with Gasteiger partial charge in [0.25, 0.3) is 0 Å². The van der Waals surface area contributed by atoms with Gasteiger partial charge < -0.3 is 0 Å². The summed E-state index contributed by atoms with van der Waals surface area (Å²) in [7, 11) is 0. The van der Waals surface area contributed by atoms with Crippen molar-refractivity contribution in [3.05, 3.63) is 24.8 Å². The van der Waals surface area contributed by atoms with Crippen LogP contribution in [0.1, 0.15) is 52.9 Å². The molecule has 0 atom stereocenters. The van der Waals surface area contributed by atoms with Gasteiger partial charge in [-0.3, -0.25) is 0 Å². The van der Waals surface area contributed by atoms with E-state index in [1.165, 1.54) is 25.7 Å². The molecule has 0 aliphatic heterocycles. The molecule has 0 aromatic carbocycles. The zero-order chi connectivity index (χ0) is 10.2. The third kappa shape index (κ3) is 7.83. The van der Waals surface area contributed by atoms with Crippen LogP contribution < -0.4 is 0 Å². The summed E-state index contributed by atoms with van der Waals surface area (Å²) in [6.45, 7) is 10.6. The summed E-state index contributed by atoms with van der Waals surface area (Å²) in [4.78, 5) is 0. The molecule has 0 spiro atoms. The van der Waals surface area contributed by atoms with Crippen molar-refractivity contribution in [2.45, 2.75) is 52.9 Å². The fourth-order valence-electron chi connectivity index (χ4n) is 1.32. The summed E-state index contributed by atoms with van der Waals surface area (Å²) in [6, 6.07) is 0. The fraction of sp³-hybridized carbons (Fsp3) is 0.692. The minimum Gasteiger partial charge on any atom is -0.103 e. The molecule has 0 aliphatic rings. The Bertz CT molecular complexity index is 151. The van der Waals surface area contributed by atoms with E-state index in [4.69, 9.17) is 0 Å². The predicted molar refractivity (Wildman–Crippen MR) is 61.9 cm³/mol. The van der Waals surface area contributed by atoms with Crippen molar-refractivity contribution in [1.82, 2.24) is 0 Å². The highest BCUT2D eigenvalue weighted by atomic mass is 14.2. The van der Waals surface area contributed by atoms with E-state index in [9.17, 15) is 0 Å². The molecule has 76 valence electrons. The first-order valence-electron chi connectivity index (χ1n) is 5.38. The number of rotatable bonds is 7. The lowest BCUT2D eigenvalue weighted by Gasteiger charge is -2.20. The summed E-state index contributed by atoms with van der Waals surface area (Å²) in [5.41, 5.74) is 0.393. The summed E-state index contributed by atoms with van der Waals surface area (Å²) in [5.74, 6) is 0. The number of hydrogen-bond donors (Lipinski definition) is 0. The highest BCUT2D eigenvalue weighted by molar-refractivity contribution is 4.90. The molecule has 0 fully saturated rings. The molecule has 0 radical (unpaired) electrons. The monoisotopic (exact) mass is 180 g/mol. The quantitative estimate of drug-likeness (QED) is 0.392. The van der Waals surface area contributed by atoms with Crippen molar-refractivity contribution in [1.29, 1.82) is 0 Å². The highest BCUT2D eigenvalue weighted by Gasteiger charge is 2.12. The molecule has 0 amide bonds. The topological polar surface area (TPSA) is 0 Å². The van der Waals surface area contributed by atoms with E-state index in [1.54, 1.807) is 0 Å². The van der Waals surface area contributed by atoms with E-state index in [2.05, 4.69) is 39.5 Å². The minimum atomic E-state index is 0.393. The Morgan fingerprint density at radius 1 is 1.15 bits per heavy atom. The zero-order valence-electron chi connectivity index (χ0n) is 9.47. The molecule has 0 unspecified atom stereocenters. The van der Waals surface area contributed by atoms with E-state index in [0.29, 0.717) is 5.41 Å². The largest absolute Gasteiger partial charge is 0.103 e. The lowest BCUT2D eigenvalue weighted by atomic mass is 9.85. The molecule has 0 aromatic heterocycles. The van der Waals surface area contributed by atoms with Crippen molar-refractivity contribution < 1.29 is 0 Å². The Morgan fingerprint density at radius 2 is 1.85 bits per heavy atom. The van der Waals surface area contributed by atoms with E-state index >= 15 is 0 Å². The maximum absolute atomic E-state index is 3.78. The van der Waals surface area contributed by atoms with E-state index < -0.39 is 0 Å². The third-order valence-electron chi connectivity index (χ3n) is 2.26. The molecule has 0 aliphatic carbocycles. The maximum atomic E-state index is 3.78. The van der Waals surface area contributed by atoms with Gasteiger partial charge in [-0.05, 0) is 24.7 Å². The minimum absolute atomic E-state index is 0.393. The molecule has 0 bridgehead atoms. The molecule has 13 heavy (non-hydrogen) atoms. The molecule has 0 nitrogen and oxygen atoms in total. The van der Waals surface area contributed by atoms with Crippen molar-refractivity contribution >= 4 is 0 Å². The average Bonchev–Trinajstić information content (AvgIpc) is 2.04. The van der Waals surface area contributed by atoms with Crippen LogP contribution in [0.25, 0.3) is 0 Å². The van der Waals surface area contributed by atoms with Gasteiger partial charge in [0.05, 0.1) is 0 Å². The Hall–Kier alpha value is -0.520. The van der Waals surface area contributed by atoms with Gasteiger partial charge in [0.2, 0.25) is 0 Å². The van der Waals surface area contributed by atoms with Gasteiger partial charge in [-0.1, -0.05) is 51.8 Å². The summed E-state index contributed by atoms with van der Waals surface area (Å²) in [6.07, 6.45) is 12.8. The van der Waals surface area contributed by atoms with Crippen molar-refractivity contribution in [3.63, 3.8) is 0 Å². The molecule has 0 saturated heterocycles. The van der Waals surface area contributed by atoms with Gasteiger partial charge in [0, 0.05) is 0 Å². The van der Waals surface area contributed by atoms with Gasteiger partial charge >= 0.3 is 0 Å². The lowest BCUT2D eigenvalue weighted by Crippen LogP contribution is -2.07. The second-order valence-electron chi connectivity index (χ2n) is 4.47. The van der Waals surface area contributed by atoms with Gasteiger partial charge in [-0.25, -0.2) is 0 Å². The average molecular weight is 180 g/mol. The molecular formula is C13H24.